The van der Waals surface area contributed by atoms with Crippen LogP contribution in [0.4, 0.5) is 4.39 Å². The summed E-state index contributed by atoms with van der Waals surface area (Å²) in [5.74, 6) is 0.560. The Morgan fingerprint density at radius 2 is 1.64 bits per heavy atom. The van der Waals surface area contributed by atoms with E-state index in [2.05, 4.69) is 15.9 Å². The maximum Gasteiger partial charge on any atom is 0.179 e. The molecule has 8 heteroatoms. The number of ether oxygens (including phenoxy) is 1. The minimum Gasteiger partial charge on any atom is -0.494 e. The molecule has 0 spiro atoms. The first-order valence-electron chi connectivity index (χ1n) is 8.31. The molecule has 1 aromatic heterocycles. The van der Waals surface area contributed by atoms with Crippen molar-refractivity contribution in [3.05, 3.63) is 86.5 Å². The van der Waals surface area contributed by atoms with E-state index in [0.29, 0.717) is 17.7 Å². The Hall–Kier alpha value is -3.00. The molecule has 0 N–H and O–H groups in total. The first kappa shape index (κ1) is 21.3. The zero-order chi connectivity index (χ0) is 20.7. The van der Waals surface area contributed by atoms with Crippen LogP contribution in [-0.4, -0.2) is 11.7 Å². The number of pyridine rings is 1. The van der Waals surface area contributed by atoms with Crippen LogP contribution >= 0.6 is 15.9 Å². The molecule has 6 nitrogen and oxygen atoms in total. The topological polar surface area (TPSA) is 79.3 Å². The molecule has 3 aromatic rings. The van der Waals surface area contributed by atoms with Crippen molar-refractivity contribution in [3.63, 3.8) is 0 Å². The lowest BCUT2D eigenvalue weighted by Crippen LogP contribution is -2.28. The van der Waals surface area contributed by atoms with Crippen molar-refractivity contribution in [2.24, 2.45) is 7.05 Å². The maximum atomic E-state index is 15.1. The summed E-state index contributed by atoms with van der Waals surface area (Å²) in [4.78, 5) is 8.25. The number of halogens is 2. The molecule has 0 aliphatic carbocycles. The minimum atomic E-state index is -1.75. The van der Waals surface area contributed by atoms with Gasteiger partial charge in [0, 0.05) is 4.47 Å². The highest BCUT2D eigenvalue weighted by Crippen LogP contribution is 2.31. The van der Waals surface area contributed by atoms with Gasteiger partial charge in [-0.05, 0) is 42.3 Å². The average Bonchev–Trinajstić information content (AvgIpc) is 2.64. The van der Waals surface area contributed by atoms with E-state index in [-0.39, 0.29) is 5.82 Å². The Kier molecular flexibility index (Phi) is 7.45. The van der Waals surface area contributed by atoms with Gasteiger partial charge in [-0.15, -0.1) is 0 Å². The Bertz CT molecular complexity index is 961. The van der Waals surface area contributed by atoms with Crippen LogP contribution in [0, 0.1) is 21.1 Å². The van der Waals surface area contributed by atoms with Crippen molar-refractivity contribution in [1.82, 2.24) is 0 Å². The van der Waals surface area contributed by atoms with Crippen LogP contribution in [0.25, 0.3) is 22.3 Å². The fraction of sp³-hybridized carbons (Fsp3) is 0.150. The summed E-state index contributed by atoms with van der Waals surface area (Å²) in [5, 5.41) is 14.8. The quantitative estimate of drug-likeness (QED) is 0.322. The number of nitrogens with zero attached hydrogens (tertiary/aromatic N) is 2. The van der Waals surface area contributed by atoms with E-state index in [9.17, 15) is 0 Å². The van der Waals surface area contributed by atoms with Gasteiger partial charge in [0.25, 0.3) is 0 Å². The molecule has 0 aliphatic rings. The molecule has 0 saturated heterocycles. The van der Waals surface area contributed by atoms with Crippen molar-refractivity contribution < 1.29 is 18.8 Å². The van der Waals surface area contributed by atoms with Gasteiger partial charge in [-0.2, -0.15) is 0 Å². The van der Waals surface area contributed by atoms with Gasteiger partial charge in [0.15, 0.2) is 18.2 Å². The largest absolute Gasteiger partial charge is 0.494 e. The summed E-state index contributed by atoms with van der Waals surface area (Å²) in [6.07, 6.45) is 3.60. The number of hydrogen-bond donors (Lipinski definition) is 0. The molecule has 0 amide bonds. The highest BCUT2D eigenvalue weighted by molar-refractivity contribution is 9.10. The van der Waals surface area contributed by atoms with Gasteiger partial charge in [0.1, 0.15) is 12.8 Å². The molecule has 0 radical (unpaired) electrons. The van der Waals surface area contributed by atoms with Crippen molar-refractivity contribution in [2.45, 2.75) is 6.92 Å². The van der Waals surface area contributed by atoms with E-state index in [1.165, 1.54) is 0 Å². The number of rotatable bonds is 4. The molecule has 0 aliphatic heterocycles. The smallest absolute Gasteiger partial charge is 0.179 e. The summed E-state index contributed by atoms with van der Waals surface area (Å²) in [5.41, 5.74) is 2.80. The van der Waals surface area contributed by atoms with E-state index in [4.69, 9.17) is 20.1 Å². The van der Waals surface area contributed by atoms with E-state index in [0.717, 1.165) is 21.3 Å². The summed E-state index contributed by atoms with van der Waals surface area (Å²) >= 11 is 3.45. The van der Waals surface area contributed by atoms with Crippen LogP contribution in [0.3, 0.4) is 0 Å². The summed E-state index contributed by atoms with van der Waals surface area (Å²) in [6, 6.07) is 15.2. The molecular weight excluding hydrogens is 431 g/mol. The van der Waals surface area contributed by atoms with E-state index in [1.807, 2.05) is 67.1 Å². The molecule has 146 valence electrons. The lowest BCUT2D eigenvalue weighted by Gasteiger charge is -2.09. The molecule has 0 fully saturated rings. The normalized spacial score (nSPS) is 10.0. The summed E-state index contributed by atoms with van der Waals surface area (Å²) < 4.78 is 23.4. The third kappa shape index (κ3) is 5.75. The van der Waals surface area contributed by atoms with Crippen molar-refractivity contribution in [3.8, 4) is 28.0 Å². The van der Waals surface area contributed by atoms with Crippen molar-refractivity contribution in [2.75, 3.05) is 6.61 Å². The second-order valence-corrected chi connectivity index (χ2v) is 6.67. The zero-order valence-electron chi connectivity index (χ0n) is 15.3. The Labute approximate surface area is 170 Å². The van der Waals surface area contributed by atoms with Gasteiger partial charge in [0.05, 0.1) is 22.8 Å². The van der Waals surface area contributed by atoms with Crippen LogP contribution in [0.5, 0.6) is 5.75 Å². The standard InChI is InChI=1S/C20H18BrFNO.NO3/c1-3-24-17-9-7-14(8-10-17)18-12-23(2)13-19(20(18)22)15-5-4-6-16(21)11-15;2-1(3)4/h4-13H,3H2,1-2H3;/q+1;-1. The van der Waals surface area contributed by atoms with Crippen LogP contribution in [0.1, 0.15) is 6.92 Å². The summed E-state index contributed by atoms with van der Waals surface area (Å²) in [7, 11) is 1.90. The molecule has 0 atom stereocenters. The number of aryl methyl sites for hydroxylation is 1. The number of hydrogen-bond acceptors (Lipinski definition) is 4. The van der Waals surface area contributed by atoms with Crippen molar-refractivity contribution >= 4 is 15.9 Å². The fourth-order valence-electron chi connectivity index (χ4n) is 2.66. The van der Waals surface area contributed by atoms with Crippen LogP contribution in [0.2, 0.25) is 0 Å². The molecular formula is C20H18BrFN2O4. The van der Waals surface area contributed by atoms with Crippen LogP contribution in [0.15, 0.2) is 65.4 Å². The second kappa shape index (κ2) is 9.80. The van der Waals surface area contributed by atoms with Gasteiger partial charge < -0.3 is 20.1 Å². The number of aromatic nitrogens is 1. The lowest BCUT2D eigenvalue weighted by molar-refractivity contribution is -0.670. The lowest BCUT2D eigenvalue weighted by atomic mass is 10.0. The average molecular weight is 449 g/mol. The Balaban J connectivity index is 0.000000640. The van der Waals surface area contributed by atoms with Gasteiger partial charge in [-0.25, -0.2) is 8.96 Å². The molecule has 0 unspecified atom stereocenters. The third-order valence-corrected chi connectivity index (χ3v) is 4.24. The maximum absolute atomic E-state index is 15.1. The van der Waals surface area contributed by atoms with Gasteiger partial charge in [-0.1, -0.05) is 40.2 Å². The predicted octanol–water partition coefficient (Wildman–Crippen LogP) is 4.91. The van der Waals surface area contributed by atoms with Crippen LogP contribution < -0.4 is 9.30 Å². The highest BCUT2D eigenvalue weighted by Gasteiger charge is 2.18. The number of benzene rings is 2. The molecule has 0 saturated carbocycles. The first-order valence-corrected chi connectivity index (χ1v) is 9.10. The highest BCUT2D eigenvalue weighted by atomic mass is 79.9. The molecule has 0 bridgehead atoms. The van der Waals surface area contributed by atoms with E-state index in [1.54, 1.807) is 12.4 Å². The van der Waals surface area contributed by atoms with Gasteiger partial charge in [-0.3, -0.25) is 0 Å². The summed E-state index contributed by atoms with van der Waals surface area (Å²) in [6.45, 7) is 2.55. The third-order valence-electron chi connectivity index (χ3n) is 3.75. The molecule has 28 heavy (non-hydrogen) atoms. The Morgan fingerprint density at radius 3 is 2.18 bits per heavy atom. The molecule has 2 aromatic carbocycles. The first-order chi connectivity index (χ1) is 13.3. The SMILES string of the molecule is CCOc1ccc(-c2c[n+](C)cc(-c3cccc(Br)c3)c2F)cc1.O=[N+]([O-])[O-]. The second-order valence-electron chi connectivity index (χ2n) is 5.76. The zero-order valence-corrected chi connectivity index (χ0v) is 16.8. The van der Waals surface area contributed by atoms with Crippen molar-refractivity contribution in [1.29, 1.82) is 0 Å². The van der Waals surface area contributed by atoms with Crippen LogP contribution in [-0.2, 0) is 7.05 Å². The van der Waals surface area contributed by atoms with Gasteiger partial charge >= 0.3 is 0 Å². The van der Waals surface area contributed by atoms with E-state index < -0.39 is 5.09 Å². The predicted molar refractivity (Wildman–Crippen MR) is 108 cm³/mol. The minimum absolute atomic E-state index is 0.227. The molecule has 1 heterocycles. The van der Waals surface area contributed by atoms with Gasteiger partial charge in [0.2, 0.25) is 0 Å². The van der Waals surface area contributed by atoms with E-state index >= 15 is 4.39 Å². The Morgan fingerprint density at radius 1 is 1.07 bits per heavy atom. The monoisotopic (exact) mass is 448 g/mol. The molecule has 3 rings (SSSR count). The fourth-order valence-corrected chi connectivity index (χ4v) is 3.06.